The van der Waals surface area contributed by atoms with E-state index in [2.05, 4.69) is 23.9 Å². The Hall–Kier alpha value is -1.56. The van der Waals surface area contributed by atoms with Crippen LogP contribution in [-0.4, -0.2) is 26.6 Å². The van der Waals surface area contributed by atoms with Crippen molar-refractivity contribution in [3.63, 3.8) is 0 Å². The second-order valence-electron chi connectivity index (χ2n) is 6.12. The number of sulfonamides is 1. The number of para-hydroxylation sites is 1. The van der Waals surface area contributed by atoms with Crippen LogP contribution in [0.4, 0.5) is 5.69 Å². The minimum atomic E-state index is -3.42. The van der Waals surface area contributed by atoms with E-state index in [9.17, 15) is 13.2 Å². The lowest BCUT2D eigenvalue weighted by molar-refractivity contribution is 0.0938. The third-order valence-electron chi connectivity index (χ3n) is 3.26. The molecule has 0 fully saturated rings. The molecule has 0 bridgehead atoms. The van der Waals surface area contributed by atoms with Crippen molar-refractivity contribution < 1.29 is 13.2 Å². The molecule has 0 aliphatic carbocycles. The molecule has 0 aliphatic heterocycles. The Morgan fingerprint density at radius 3 is 2.36 bits per heavy atom. The fourth-order valence-electron chi connectivity index (χ4n) is 2.18. The number of benzene rings is 1. The van der Waals surface area contributed by atoms with Crippen molar-refractivity contribution in [2.45, 2.75) is 46.1 Å². The predicted octanol–water partition coefficient (Wildman–Crippen LogP) is 3.00. The quantitative estimate of drug-likeness (QED) is 0.771. The molecule has 0 spiro atoms. The maximum Gasteiger partial charge on any atom is 0.253 e. The van der Waals surface area contributed by atoms with Gasteiger partial charge in [-0.05, 0) is 31.4 Å². The Labute approximate surface area is 133 Å². The highest BCUT2D eigenvalue weighted by Crippen LogP contribution is 2.17. The average molecular weight is 326 g/mol. The third kappa shape index (κ3) is 6.93. The van der Waals surface area contributed by atoms with Gasteiger partial charge in [0, 0.05) is 6.04 Å². The van der Waals surface area contributed by atoms with Crippen LogP contribution in [0.2, 0.25) is 0 Å². The largest absolute Gasteiger partial charge is 0.350 e. The van der Waals surface area contributed by atoms with E-state index >= 15 is 0 Å². The lowest BCUT2D eigenvalue weighted by Gasteiger charge is -2.16. The van der Waals surface area contributed by atoms with Crippen molar-refractivity contribution in [2.24, 2.45) is 5.92 Å². The van der Waals surface area contributed by atoms with Crippen LogP contribution in [0.3, 0.4) is 0 Å². The van der Waals surface area contributed by atoms with Crippen molar-refractivity contribution in [2.75, 3.05) is 11.0 Å². The normalized spacial score (nSPS) is 13.0. The van der Waals surface area contributed by atoms with Gasteiger partial charge in [-0.2, -0.15) is 0 Å². The summed E-state index contributed by atoms with van der Waals surface area (Å²) < 4.78 is 25.1. The molecule has 0 heterocycles. The Bertz CT molecular complexity index is 597. The number of amides is 1. The molecule has 1 amide bonds. The smallest absolute Gasteiger partial charge is 0.253 e. The molecule has 1 aromatic carbocycles. The molecule has 124 valence electrons. The maximum absolute atomic E-state index is 12.3. The van der Waals surface area contributed by atoms with Gasteiger partial charge in [-0.3, -0.25) is 9.52 Å². The molecule has 0 aromatic heterocycles. The summed E-state index contributed by atoms with van der Waals surface area (Å²) in [5.74, 6) is 0.395. The van der Waals surface area contributed by atoms with Crippen molar-refractivity contribution in [1.82, 2.24) is 5.32 Å². The Morgan fingerprint density at radius 1 is 1.14 bits per heavy atom. The van der Waals surface area contributed by atoms with Crippen LogP contribution in [0.5, 0.6) is 0 Å². The van der Waals surface area contributed by atoms with E-state index in [-0.39, 0.29) is 11.9 Å². The summed E-state index contributed by atoms with van der Waals surface area (Å²) in [4.78, 5) is 12.3. The monoisotopic (exact) mass is 326 g/mol. The highest BCUT2D eigenvalue weighted by molar-refractivity contribution is 7.92. The summed E-state index contributed by atoms with van der Waals surface area (Å²) in [5, 5.41) is 2.92. The number of hydrogen-bond donors (Lipinski definition) is 2. The fraction of sp³-hybridized carbons (Fsp3) is 0.562. The van der Waals surface area contributed by atoms with E-state index in [1.54, 1.807) is 24.3 Å². The maximum atomic E-state index is 12.3. The van der Waals surface area contributed by atoms with Crippen LogP contribution in [0.1, 0.15) is 50.4 Å². The van der Waals surface area contributed by atoms with Gasteiger partial charge < -0.3 is 5.32 Å². The second kappa shape index (κ2) is 8.17. The summed E-state index contributed by atoms with van der Waals surface area (Å²) >= 11 is 0. The van der Waals surface area contributed by atoms with Gasteiger partial charge in [0.05, 0.1) is 17.5 Å². The molecule has 5 nitrogen and oxygen atoms in total. The lowest BCUT2D eigenvalue weighted by Crippen LogP contribution is -2.33. The fourth-order valence-corrected chi connectivity index (χ4v) is 2.75. The molecule has 22 heavy (non-hydrogen) atoms. The Morgan fingerprint density at radius 2 is 1.77 bits per heavy atom. The van der Waals surface area contributed by atoms with E-state index < -0.39 is 10.0 Å². The molecule has 0 saturated heterocycles. The zero-order valence-electron chi connectivity index (χ0n) is 13.7. The number of carbonyl (C=O) groups is 1. The topological polar surface area (TPSA) is 75.3 Å². The molecular formula is C16H26N2O3S. The zero-order chi connectivity index (χ0) is 16.8. The molecule has 0 radical (unpaired) electrons. The van der Waals surface area contributed by atoms with E-state index in [0.29, 0.717) is 17.2 Å². The minimum absolute atomic E-state index is 0.0533. The zero-order valence-corrected chi connectivity index (χ0v) is 14.5. The molecule has 0 saturated carbocycles. The Kier molecular flexibility index (Phi) is 6.87. The van der Waals surface area contributed by atoms with Gasteiger partial charge in [-0.25, -0.2) is 8.42 Å². The predicted molar refractivity (Wildman–Crippen MR) is 90.5 cm³/mol. The van der Waals surface area contributed by atoms with Gasteiger partial charge in [-0.1, -0.05) is 38.8 Å². The van der Waals surface area contributed by atoms with Gasteiger partial charge in [0.15, 0.2) is 0 Å². The molecule has 1 atom stereocenters. The van der Waals surface area contributed by atoms with Gasteiger partial charge in [0.2, 0.25) is 10.0 Å². The van der Waals surface area contributed by atoms with Crippen molar-refractivity contribution in [1.29, 1.82) is 0 Å². The van der Waals surface area contributed by atoms with Gasteiger partial charge in [0.1, 0.15) is 0 Å². The summed E-state index contributed by atoms with van der Waals surface area (Å²) in [6.07, 6.45) is 4.16. The molecular weight excluding hydrogens is 300 g/mol. The average Bonchev–Trinajstić information content (AvgIpc) is 2.36. The summed E-state index contributed by atoms with van der Waals surface area (Å²) in [6, 6.07) is 6.66. The molecule has 2 N–H and O–H groups in total. The number of carbonyl (C=O) groups excluding carboxylic acids is 1. The first-order valence-corrected chi connectivity index (χ1v) is 9.46. The summed E-state index contributed by atoms with van der Waals surface area (Å²) in [6.45, 7) is 6.32. The van der Waals surface area contributed by atoms with Crippen LogP contribution in [0.15, 0.2) is 24.3 Å². The number of anilines is 1. The van der Waals surface area contributed by atoms with E-state index in [1.807, 2.05) is 6.92 Å². The third-order valence-corrected chi connectivity index (χ3v) is 3.85. The van der Waals surface area contributed by atoms with Gasteiger partial charge in [-0.15, -0.1) is 0 Å². The first-order chi connectivity index (χ1) is 10.2. The van der Waals surface area contributed by atoms with E-state index in [1.165, 1.54) is 0 Å². The molecule has 1 rings (SSSR count). The van der Waals surface area contributed by atoms with Gasteiger partial charge in [0.25, 0.3) is 5.91 Å². The first kappa shape index (κ1) is 18.5. The molecule has 0 unspecified atom stereocenters. The highest BCUT2D eigenvalue weighted by atomic mass is 32.2. The van der Waals surface area contributed by atoms with Crippen LogP contribution in [-0.2, 0) is 10.0 Å². The minimum Gasteiger partial charge on any atom is -0.350 e. The van der Waals surface area contributed by atoms with Crippen molar-refractivity contribution in [3.05, 3.63) is 29.8 Å². The van der Waals surface area contributed by atoms with E-state index in [0.717, 1.165) is 25.5 Å². The Balaban J connectivity index is 2.69. The van der Waals surface area contributed by atoms with Crippen LogP contribution < -0.4 is 10.0 Å². The summed E-state index contributed by atoms with van der Waals surface area (Å²) in [5.41, 5.74) is 0.639. The first-order valence-electron chi connectivity index (χ1n) is 7.56. The number of hydrogen-bond acceptors (Lipinski definition) is 3. The molecule has 0 aliphatic rings. The number of rotatable bonds is 8. The standard InChI is InChI=1S/C16H26N2O3S/c1-12(2)8-7-9-13(3)17-16(19)14-10-5-6-11-15(14)18-22(4,20)21/h5-6,10-13,18H,7-9H2,1-4H3,(H,17,19)/t13-/m0/s1. The van der Waals surface area contributed by atoms with Crippen LogP contribution in [0, 0.1) is 5.92 Å². The van der Waals surface area contributed by atoms with Gasteiger partial charge >= 0.3 is 0 Å². The van der Waals surface area contributed by atoms with Crippen molar-refractivity contribution >= 4 is 21.6 Å². The SMILES string of the molecule is CC(C)CCC[C@H](C)NC(=O)c1ccccc1NS(C)(=O)=O. The van der Waals surface area contributed by atoms with Crippen LogP contribution in [0.25, 0.3) is 0 Å². The lowest BCUT2D eigenvalue weighted by atomic mass is 10.0. The number of nitrogens with one attached hydrogen (secondary N) is 2. The molecule has 1 aromatic rings. The van der Waals surface area contributed by atoms with E-state index in [4.69, 9.17) is 0 Å². The summed E-state index contributed by atoms with van der Waals surface area (Å²) in [7, 11) is -3.42. The highest BCUT2D eigenvalue weighted by Gasteiger charge is 2.15. The van der Waals surface area contributed by atoms with Crippen LogP contribution >= 0.6 is 0 Å². The second-order valence-corrected chi connectivity index (χ2v) is 7.87. The molecule has 6 heteroatoms. The van der Waals surface area contributed by atoms with Crippen molar-refractivity contribution in [3.8, 4) is 0 Å².